The van der Waals surface area contributed by atoms with Gasteiger partial charge in [-0.25, -0.2) is 9.69 Å². The summed E-state index contributed by atoms with van der Waals surface area (Å²) < 4.78 is 31.1. The Labute approximate surface area is 160 Å². The van der Waals surface area contributed by atoms with E-state index in [4.69, 9.17) is 4.74 Å². The Morgan fingerprint density at radius 1 is 1.28 bits per heavy atom. The van der Waals surface area contributed by atoms with E-state index in [0.29, 0.717) is 12.0 Å². The molecular weight excluding hydrogens is 443 g/mol. The highest BCUT2D eigenvalue weighted by atomic mass is 127. The number of likely N-dealkylation sites (tertiary alicyclic amines) is 1. The molecule has 0 radical (unpaired) electrons. The first-order valence-corrected chi connectivity index (χ1v) is 9.20. The molecule has 1 aliphatic rings. The van der Waals surface area contributed by atoms with Gasteiger partial charge in [-0.2, -0.15) is 8.78 Å². The second kappa shape index (κ2) is 7.17. The van der Waals surface area contributed by atoms with Crippen molar-refractivity contribution >= 4 is 34.6 Å². The molecular formula is C18H22F2INO3. The normalized spacial score (nSPS) is 22.0. The maximum atomic E-state index is 14.6. The highest BCUT2D eigenvalue weighted by molar-refractivity contribution is 14.1. The fourth-order valence-electron chi connectivity index (χ4n) is 2.97. The van der Waals surface area contributed by atoms with Gasteiger partial charge in [0.1, 0.15) is 11.0 Å². The number of halogens is 3. The van der Waals surface area contributed by atoms with E-state index in [-0.39, 0.29) is 19.4 Å². The van der Waals surface area contributed by atoms with Crippen molar-refractivity contribution in [3.63, 3.8) is 0 Å². The summed E-state index contributed by atoms with van der Waals surface area (Å²) in [7, 11) is 0. The number of rotatable bonds is 3. The van der Waals surface area contributed by atoms with Gasteiger partial charge in [0.05, 0.1) is 0 Å². The third kappa shape index (κ3) is 4.48. The van der Waals surface area contributed by atoms with E-state index >= 15 is 0 Å². The largest absolute Gasteiger partial charge is 0.443 e. The maximum Gasteiger partial charge on any atom is 0.417 e. The Balaban J connectivity index is 2.36. The molecule has 2 amide bonds. The zero-order chi connectivity index (χ0) is 18.9. The Morgan fingerprint density at radius 3 is 2.40 bits per heavy atom. The second-order valence-electron chi connectivity index (χ2n) is 7.28. The number of alkyl halides is 3. The van der Waals surface area contributed by atoms with Crippen molar-refractivity contribution in [2.24, 2.45) is 5.41 Å². The molecule has 1 aliphatic heterocycles. The lowest BCUT2D eigenvalue weighted by molar-refractivity contribution is -0.158. The monoisotopic (exact) mass is 465 g/mol. The molecule has 1 heterocycles. The highest BCUT2D eigenvalue weighted by Crippen LogP contribution is 2.51. The van der Waals surface area contributed by atoms with Crippen molar-refractivity contribution in [3.05, 3.63) is 35.9 Å². The van der Waals surface area contributed by atoms with Crippen LogP contribution in [0.2, 0.25) is 0 Å². The van der Waals surface area contributed by atoms with Crippen LogP contribution in [0.25, 0.3) is 0 Å². The summed E-state index contributed by atoms with van der Waals surface area (Å²) in [5.74, 6) is -0.865. The van der Waals surface area contributed by atoms with Gasteiger partial charge in [0.15, 0.2) is 0 Å². The van der Waals surface area contributed by atoms with Gasteiger partial charge in [-0.05, 0) is 68.2 Å². The predicted molar refractivity (Wildman–Crippen MR) is 98.7 cm³/mol. The number of hydrogen-bond acceptors (Lipinski definition) is 3. The summed E-state index contributed by atoms with van der Waals surface area (Å²) in [6, 6.07) is 8.70. The molecule has 0 saturated carbocycles. The number of nitrogens with zero attached hydrogens (tertiary/aromatic N) is 1. The molecule has 1 atom stereocenters. The van der Waals surface area contributed by atoms with Crippen LogP contribution in [0, 0.1) is 5.41 Å². The van der Waals surface area contributed by atoms with E-state index in [1.54, 1.807) is 51.1 Å². The number of carbonyl (C=O) groups excluding carboxylic acids is 2. The molecule has 0 aromatic heterocycles. The van der Waals surface area contributed by atoms with Crippen LogP contribution in [0.3, 0.4) is 0 Å². The van der Waals surface area contributed by atoms with Crippen LogP contribution >= 0.6 is 22.6 Å². The number of imide groups is 1. The molecule has 1 aromatic rings. The summed E-state index contributed by atoms with van der Waals surface area (Å²) in [6.45, 7) is 5.10. The van der Waals surface area contributed by atoms with Gasteiger partial charge < -0.3 is 4.74 Å². The smallest absolute Gasteiger partial charge is 0.417 e. The van der Waals surface area contributed by atoms with Crippen LogP contribution in [0.1, 0.15) is 39.2 Å². The number of carbonyl (C=O) groups is 2. The van der Waals surface area contributed by atoms with Crippen molar-refractivity contribution in [2.75, 3.05) is 6.54 Å². The number of amides is 2. The molecule has 0 N–H and O–H groups in total. The highest BCUT2D eigenvalue weighted by Gasteiger charge is 2.60. The summed E-state index contributed by atoms with van der Waals surface area (Å²) >= 11 is 1.02. The molecule has 2 rings (SSSR count). The van der Waals surface area contributed by atoms with Crippen LogP contribution < -0.4 is 0 Å². The van der Waals surface area contributed by atoms with Crippen molar-refractivity contribution in [3.8, 4) is 0 Å². The van der Waals surface area contributed by atoms with Gasteiger partial charge >= 0.3 is 10.0 Å². The Kier molecular flexibility index (Phi) is 5.75. The van der Waals surface area contributed by atoms with E-state index in [1.807, 2.05) is 0 Å². The second-order valence-corrected chi connectivity index (χ2v) is 8.64. The molecule has 0 bridgehead atoms. The maximum absolute atomic E-state index is 14.6. The summed E-state index contributed by atoms with van der Waals surface area (Å²) in [5.41, 5.74) is -2.12. The lowest BCUT2D eigenvalue weighted by atomic mass is 9.74. The SMILES string of the molecule is CC(C)(C)OC(=O)N1CCCC(Cc2ccccc2)(C(F)(F)I)C1=O. The average Bonchev–Trinajstić information content (AvgIpc) is 2.47. The fraction of sp³-hybridized carbons (Fsp3) is 0.556. The molecule has 4 nitrogen and oxygen atoms in total. The minimum atomic E-state index is -3.29. The fourth-order valence-corrected chi connectivity index (χ4v) is 3.66. The zero-order valence-electron chi connectivity index (χ0n) is 14.5. The van der Waals surface area contributed by atoms with Gasteiger partial charge in [0.25, 0.3) is 0 Å². The molecule has 0 spiro atoms. The van der Waals surface area contributed by atoms with Crippen LogP contribution in [0.4, 0.5) is 13.6 Å². The summed E-state index contributed by atoms with van der Waals surface area (Å²) in [5, 5.41) is 0. The van der Waals surface area contributed by atoms with Crippen LogP contribution in [0.15, 0.2) is 30.3 Å². The topological polar surface area (TPSA) is 46.6 Å². The first-order valence-electron chi connectivity index (χ1n) is 8.12. The molecule has 25 heavy (non-hydrogen) atoms. The molecule has 1 unspecified atom stereocenters. The van der Waals surface area contributed by atoms with Gasteiger partial charge in [0.2, 0.25) is 5.91 Å². The molecule has 1 aromatic carbocycles. The van der Waals surface area contributed by atoms with Crippen LogP contribution in [-0.4, -0.2) is 33.0 Å². The van der Waals surface area contributed by atoms with E-state index in [1.165, 1.54) is 0 Å². The average molecular weight is 465 g/mol. The Morgan fingerprint density at radius 2 is 1.88 bits per heavy atom. The zero-order valence-corrected chi connectivity index (χ0v) is 16.7. The summed E-state index contributed by atoms with van der Waals surface area (Å²) in [4.78, 5) is 26.1. The Hall–Kier alpha value is -1.25. The van der Waals surface area contributed by atoms with Crippen LogP contribution in [0.5, 0.6) is 0 Å². The number of benzene rings is 1. The molecule has 1 saturated heterocycles. The summed E-state index contributed by atoms with van der Waals surface area (Å²) in [6.07, 6.45) is -0.649. The van der Waals surface area contributed by atoms with Gasteiger partial charge in [0, 0.05) is 6.54 Å². The number of piperidine rings is 1. The quantitative estimate of drug-likeness (QED) is 0.476. The first kappa shape index (κ1) is 20.1. The third-order valence-electron chi connectivity index (χ3n) is 4.15. The molecule has 1 fully saturated rings. The van der Waals surface area contributed by atoms with Gasteiger partial charge in [-0.3, -0.25) is 4.79 Å². The minimum absolute atomic E-state index is 0.0238. The number of hydrogen-bond donors (Lipinski definition) is 0. The number of ether oxygens (including phenoxy) is 1. The standard InChI is InChI=1S/C18H22F2INO3/c1-16(2,3)25-15(24)22-11-7-10-17(14(22)23,18(19,20)21)12-13-8-5-4-6-9-13/h4-6,8-9H,7,10-12H2,1-3H3. The molecule has 138 valence electrons. The molecule has 7 heteroatoms. The lowest BCUT2D eigenvalue weighted by Gasteiger charge is -2.43. The minimum Gasteiger partial charge on any atom is -0.443 e. The predicted octanol–water partition coefficient (Wildman–Crippen LogP) is 4.80. The lowest BCUT2D eigenvalue weighted by Crippen LogP contribution is -2.58. The molecule has 0 aliphatic carbocycles. The third-order valence-corrected chi connectivity index (χ3v) is 5.18. The van der Waals surface area contributed by atoms with Crippen molar-refractivity contribution < 1.29 is 23.1 Å². The van der Waals surface area contributed by atoms with Crippen LogP contribution in [-0.2, 0) is 16.0 Å². The van der Waals surface area contributed by atoms with Crippen molar-refractivity contribution in [2.45, 2.75) is 49.6 Å². The van der Waals surface area contributed by atoms with Gasteiger partial charge in [-0.1, -0.05) is 30.3 Å². The Bertz CT molecular complexity index is 640. The van der Waals surface area contributed by atoms with Gasteiger partial charge in [-0.15, -0.1) is 0 Å². The van der Waals surface area contributed by atoms with E-state index < -0.39 is 26.9 Å². The van der Waals surface area contributed by atoms with E-state index in [2.05, 4.69) is 0 Å². The van der Waals surface area contributed by atoms with Crippen molar-refractivity contribution in [1.29, 1.82) is 0 Å². The van der Waals surface area contributed by atoms with E-state index in [9.17, 15) is 18.4 Å². The first-order chi connectivity index (χ1) is 11.5. The van der Waals surface area contributed by atoms with E-state index in [0.717, 1.165) is 27.5 Å². The van der Waals surface area contributed by atoms with Crippen molar-refractivity contribution in [1.82, 2.24) is 4.90 Å².